The van der Waals surface area contributed by atoms with E-state index in [9.17, 15) is 14.7 Å². The Hall–Kier alpha value is -2.12. The first-order valence-electron chi connectivity index (χ1n) is 11.4. The number of benzene rings is 1. The van der Waals surface area contributed by atoms with Gasteiger partial charge in [-0.3, -0.25) is 4.79 Å². The van der Waals surface area contributed by atoms with E-state index in [0.717, 1.165) is 40.0 Å². The fourth-order valence-corrected chi connectivity index (χ4v) is 4.50. The number of hydrogen-bond acceptors (Lipinski definition) is 5. The van der Waals surface area contributed by atoms with Gasteiger partial charge in [-0.2, -0.15) is 0 Å². The maximum atomic E-state index is 13.1. The van der Waals surface area contributed by atoms with Crippen LogP contribution in [0.2, 0.25) is 0 Å². The largest absolute Gasteiger partial charge is 0.462 e. The summed E-state index contributed by atoms with van der Waals surface area (Å²) in [5.41, 5.74) is 1.01. The Morgan fingerprint density at radius 2 is 1.94 bits per heavy atom. The first-order valence-corrected chi connectivity index (χ1v) is 12.2. The predicted octanol–water partition coefficient (Wildman–Crippen LogP) is 5.81. The summed E-state index contributed by atoms with van der Waals surface area (Å²) < 4.78 is 11.8. The Morgan fingerprint density at radius 3 is 2.66 bits per heavy atom. The number of aliphatic hydroxyl groups is 1. The molecule has 0 saturated carbocycles. The summed E-state index contributed by atoms with van der Waals surface area (Å²) in [5.74, 6) is -0.213. The van der Waals surface area contributed by atoms with Crippen molar-refractivity contribution < 1.29 is 23.8 Å². The number of hydrogen-bond donors (Lipinski definition) is 1. The van der Waals surface area contributed by atoms with Crippen LogP contribution in [0.25, 0.3) is 0 Å². The van der Waals surface area contributed by atoms with E-state index in [-0.39, 0.29) is 6.61 Å². The van der Waals surface area contributed by atoms with Crippen LogP contribution in [0.4, 0.5) is 4.79 Å². The van der Waals surface area contributed by atoms with E-state index < -0.39 is 30.1 Å². The predicted molar refractivity (Wildman–Crippen MR) is 125 cm³/mol. The van der Waals surface area contributed by atoms with Crippen molar-refractivity contribution in [2.24, 2.45) is 5.92 Å². The number of rotatable bonds is 11. The average Bonchev–Trinajstić information content (AvgIpc) is 3.35. The van der Waals surface area contributed by atoms with E-state index >= 15 is 0 Å². The van der Waals surface area contributed by atoms with Crippen LogP contribution in [-0.4, -0.2) is 34.7 Å². The van der Waals surface area contributed by atoms with Crippen LogP contribution < -0.4 is 0 Å². The smallest absolute Gasteiger partial charge is 0.416 e. The van der Waals surface area contributed by atoms with Crippen LogP contribution in [0.15, 0.2) is 45.3 Å². The lowest BCUT2D eigenvalue weighted by atomic mass is 9.99. The van der Waals surface area contributed by atoms with E-state index in [1.165, 1.54) is 19.3 Å². The van der Waals surface area contributed by atoms with Gasteiger partial charge in [0.25, 0.3) is 0 Å². The van der Waals surface area contributed by atoms with Crippen molar-refractivity contribution in [3.05, 3.63) is 58.0 Å². The quantitative estimate of drug-likeness (QED) is 0.389. The number of carbonyl (C=O) groups excluding carboxylic acids is 2. The monoisotopic (exact) mass is 505 g/mol. The highest BCUT2D eigenvalue weighted by molar-refractivity contribution is 9.10. The number of cyclic esters (lactones) is 1. The van der Waals surface area contributed by atoms with Gasteiger partial charge in [0.2, 0.25) is 5.91 Å². The molecule has 1 aromatic heterocycles. The molecule has 174 valence electrons. The molecule has 2 amide bonds. The Morgan fingerprint density at radius 1 is 1.22 bits per heavy atom. The Bertz CT molecular complexity index is 897. The third kappa shape index (κ3) is 6.01. The summed E-state index contributed by atoms with van der Waals surface area (Å²) in [4.78, 5) is 26.6. The summed E-state index contributed by atoms with van der Waals surface area (Å²) in [7, 11) is 0. The molecular formula is C25H32BrNO5. The summed E-state index contributed by atoms with van der Waals surface area (Å²) in [6, 6.07) is 11.0. The van der Waals surface area contributed by atoms with E-state index in [2.05, 4.69) is 22.9 Å². The molecule has 0 unspecified atom stereocenters. The lowest BCUT2D eigenvalue weighted by molar-refractivity contribution is -0.137. The molecule has 1 aromatic carbocycles. The number of carbonyl (C=O) groups is 2. The van der Waals surface area contributed by atoms with Crippen molar-refractivity contribution in [3.63, 3.8) is 0 Å². The molecule has 7 heteroatoms. The number of halogens is 1. The molecule has 32 heavy (non-hydrogen) atoms. The summed E-state index contributed by atoms with van der Waals surface area (Å²) in [6.45, 7) is 3.95. The standard InChI is InChI=1S/C25H32BrNO5/c1-3-4-5-6-10-13-21-20(26)15-22(32-21)23(28)17(2)24(29)27-19(16-31-25(27)30)14-18-11-8-7-9-12-18/h7-9,11-12,15,17,19,23,28H,3-6,10,13-14,16H2,1-2H3/t17-,19-,23-/m0/s1. The third-order valence-electron chi connectivity index (χ3n) is 5.95. The highest BCUT2D eigenvalue weighted by Gasteiger charge is 2.42. The molecule has 1 aliphatic heterocycles. The summed E-state index contributed by atoms with van der Waals surface area (Å²) >= 11 is 3.50. The molecule has 0 aliphatic carbocycles. The summed E-state index contributed by atoms with van der Waals surface area (Å²) in [5, 5.41) is 10.8. The van der Waals surface area contributed by atoms with Gasteiger partial charge in [-0.05, 0) is 40.4 Å². The lowest BCUT2D eigenvalue weighted by Crippen LogP contribution is -2.44. The molecule has 1 fully saturated rings. The van der Waals surface area contributed by atoms with Gasteiger partial charge in [0.05, 0.1) is 16.4 Å². The Kier molecular flexibility index (Phi) is 8.93. The number of aliphatic hydroxyl groups excluding tert-OH is 1. The number of imide groups is 1. The molecule has 1 aliphatic rings. The van der Waals surface area contributed by atoms with Crippen LogP contribution in [0.3, 0.4) is 0 Å². The SMILES string of the molecule is CCCCCCCc1oc([C@@H](O)[C@H](C)C(=O)N2C(=O)OC[C@@H]2Cc2ccccc2)cc1Br. The second-order valence-electron chi connectivity index (χ2n) is 8.45. The minimum Gasteiger partial charge on any atom is -0.462 e. The van der Waals surface area contributed by atoms with Crippen molar-refractivity contribution in [2.45, 2.75) is 70.9 Å². The number of unbranched alkanes of at least 4 members (excludes halogenated alkanes) is 4. The number of aryl methyl sites for hydroxylation is 1. The van der Waals surface area contributed by atoms with Crippen LogP contribution >= 0.6 is 15.9 Å². The van der Waals surface area contributed by atoms with Crippen molar-refractivity contribution in [3.8, 4) is 0 Å². The topological polar surface area (TPSA) is 80.0 Å². The number of ether oxygens (including phenoxy) is 1. The zero-order valence-corrected chi connectivity index (χ0v) is 20.3. The van der Waals surface area contributed by atoms with Crippen molar-refractivity contribution in [1.29, 1.82) is 0 Å². The van der Waals surface area contributed by atoms with E-state index in [1.54, 1.807) is 13.0 Å². The third-order valence-corrected chi connectivity index (χ3v) is 6.62. The van der Waals surface area contributed by atoms with Crippen LogP contribution in [0.5, 0.6) is 0 Å². The van der Waals surface area contributed by atoms with Crippen LogP contribution in [0, 0.1) is 5.92 Å². The molecule has 2 aromatic rings. The van der Waals surface area contributed by atoms with Gasteiger partial charge in [-0.15, -0.1) is 0 Å². The number of amides is 2. The molecular weight excluding hydrogens is 474 g/mol. The van der Waals surface area contributed by atoms with E-state index in [4.69, 9.17) is 9.15 Å². The van der Waals surface area contributed by atoms with Gasteiger partial charge in [-0.25, -0.2) is 9.69 Å². The Balaban J connectivity index is 1.64. The zero-order valence-electron chi connectivity index (χ0n) is 18.8. The minimum absolute atomic E-state index is 0.150. The average molecular weight is 506 g/mol. The summed E-state index contributed by atoms with van der Waals surface area (Å²) in [6.07, 6.45) is 5.24. The van der Waals surface area contributed by atoms with E-state index in [0.29, 0.717) is 12.2 Å². The Labute approximate surface area is 198 Å². The first kappa shape index (κ1) is 24.5. The van der Waals surface area contributed by atoms with Crippen molar-refractivity contribution in [1.82, 2.24) is 4.90 Å². The highest BCUT2D eigenvalue weighted by Crippen LogP contribution is 2.32. The van der Waals surface area contributed by atoms with E-state index in [1.807, 2.05) is 30.3 Å². The second kappa shape index (κ2) is 11.7. The molecule has 1 saturated heterocycles. The van der Waals surface area contributed by atoms with Crippen LogP contribution in [-0.2, 0) is 22.4 Å². The lowest BCUT2D eigenvalue weighted by Gasteiger charge is -2.25. The molecule has 3 rings (SSSR count). The molecule has 3 atom stereocenters. The van der Waals surface area contributed by atoms with Crippen LogP contribution in [0.1, 0.15) is 69.1 Å². The fourth-order valence-electron chi connectivity index (χ4n) is 4.00. The molecule has 2 heterocycles. The molecule has 0 spiro atoms. The number of furan rings is 1. The zero-order chi connectivity index (χ0) is 23.1. The molecule has 0 bridgehead atoms. The molecule has 0 radical (unpaired) electrons. The van der Waals surface area contributed by atoms with Gasteiger partial charge < -0.3 is 14.3 Å². The highest BCUT2D eigenvalue weighted by atomic mass is 79.9. The van der Waals surface area contributed by atoms with Gasteiger partial charge in [0, 0.05) is 6.42 Å². The molecule has 6 nitrogen and oxygen atoms in total. The normalized spacial score (nSPS) is 17.9. The minimum atomic E-state index is -1.15. The maximum absolute atomic E-state index is 13.1. The van der Waals surface area contributed by atoms with Gasteiger partial charge in [0.15, 0.2) is 0 Å². The maximum Gasteiger partial charge on any atom is 0.416 e. The van der Waals surface area contributed by atoms with Crippen molar-refractivity contribution in [2.75, 3.05) is 6.61 Å². The van der Waals surface area contributed by atoms with Gasteiger partial charge >= 0.3 is 6.09 Å². The first-order chi connectivity index (χ1) is 15.4. The molecule has 1 N–H and O–H groups in total. The van der Waals surface area contributed by atoms with Crippen molar-refractivity contribution >= 4 is 27.9 Å². The number of nitrogens with zero attached hydrogens (tertiary/aromatic N) is 1. The van der Waals surface area contributed by atoms with Gasteiger partial charge in [0.1, 0.15) is 24.2 Å². The second-order valence-corrected chi connectivity index (χ2v) is 9.30. The van der Waals surface area contributed by atoms with Gasteiger partial charge in [-0.1, -0.05) is 69.9 Å². The fraction of sp³-hybridized carbons (Fsp3) is 0.520.